The number of aliphatic hydroxyl groups is 1. The van der Waals surface area contributed by atoms with E-state index in [9.17, 15) is 18.7 Å². The fourth-order valence-electron chi connectivity index (χ4n) is 3.32. The van der Waals surface area contributed by atoms with Crippen LogP contribution in [-0.4, -0.2) is 35.8 Å². The van der Waals surface area contributed by atoms with Gasteiger partial charge in [-0.1, -0.05) is 17.7 Å². The summed E-state index contributed by atoms with van der Waals surface area (Å²) >= 11 is 6.37. The Bertz CT molecular complexity index is 1130. The van der Waals surface area contributed by atoms with Crippen molar-refractivity contribution in [2.75, 3.05) is 23.4 Å². The first-order valence-corrected chi connectivity index (χ1v) is 9.99. The summed E-state index contributed by atoms with van der Waals surface area (Å²) in [7, 11) is 0. The molecule has 10 heteroatoms. The number of fused-ring (bicyclic) bond motifs is 1. The number of pyridine rings is 1. The monoisotopic (exact) mass is 461 g/mol. The number of rotatable bonds is 6. The molecule has 32 heavy (non-hydrogen) atoms. The van der Waals surface area contributed by atoms with E-state index in [1.807, 2.05) is 4.90 Å². The fraction of sp³-hybridized carbons (Fsp3) is 0.182. The number of hydrogen-bond donors (Lipinski definition) is 2. The lowest BCUT2D eigenvalue weighted by Crippen LogP contribution is -2.31. The van der Waals surface area contributed by atoms with Gasteiger partial charge >= 0.3 is 6.61 Å². The summed E-state index contributed by atoms with van der Waals surface area (Å²) < 4.78 is 34.7. The topological polar surface area (TPSA) is 83.9 Å². The molecule has 1 aliphatic rings. The summed E-state index contributed by atoms with van der Waals surface area (Å²) in [5.74, 6) is 0.421. The minimum Gasteiger partial charge on any atom is -0.489 e. The molecule has 1 aromatic heterocycles. The summed E-state index contributed by atoms with van der Waals surface area (Å²) in [6, 6.07) is 12.4. The molecule has 7 nitrogen and oxygen atoms in total. The van der Waals surface area contributed by atoms with Gasteiger partial charge < -0.3 is 24.8 Å². The second-order valence-corrected chi connectivity index (χ2v) is 7.23. The lowest BCUT2D eigenvalue weighted by Gasteiger charge is -2.32. The van der Waals surface area contributed by atoms with Crippen LogP contribution in [0.15, 0.2) is 54.7 Å². The molecule has 3 aromatic rings. The molecule has 166 valence electrons. The van der Waals surface area contributed by atoms with Crippen LogP contribution in [0, 0.1) is 0 Å². The number of carbonyl (C=O) groups is 1. The summed E-state index contributed by atoms with van der Waals surface area (Å²) in [6.45, 7) is -2.33. The highest BCUT2D eigenvalue weighted by Crippen LogP contribution is 2.40. The fourth-order valence-corrected chi connectivity index (χ4v) is 3.61. The molecule has 0 atom stereocenters. The second kappa shape index (κ2) is 9.37. The molecule has 0 saturated heterocycles. The number of nitrogens with zero attached hydrogens (tertiary/aromatic N) is 2. The molecule has 0 unspecified atom stereocenters. The Hall–Kier alpha value is -3.43. The van der Waals surface area contributed by atoms with Gasteiger partial charge in [-0.05, 0) is 48.0 Å². The SMILES string of the molecule is O=C(Nc1ccc(OC(F)F)cc1)c1cccc2c1OCCN2c1ncc(CO)cc1Cl. The van der Waals surface area contributed by atoms with Crippen molar-refractivity contribution in [1.29, 1.82) is 0 Å². The standard InChI is InChI=1S/C22H18ClF2N3O4/c23-17-10-13(12-29)11-26-20(17)28-8-9-31-19-16(2-1-3-18(19)28)21(30)27-14-4-6-15(7-5-14)32-22(24)25/h1-7,10-11,22,29H,8-9,12H2,(H,27,30). The number of aromatic nitrogens is 1. The lowest BCUT2D eigenvalue weighted by atomic mass is 10.1. The average molecular weight is 462 g/mol. The van der Waals surface area contributed by atoms with Crippen molar-refractivity contribution in [3.63, 3.8) is 0 Å². The summed E-state index contributed by atoms with van der Waals surface area (Å²) in [4.78, 5) is 19.1. The zero-order chi connectivity index (χ0) is 22.7. The predicted molar refractivity (Wildman–Crippen MR) is 115 cm³/mol. The molecule has 2 aromatic carbocycles. The second-order valence-electron chi connectivity index (χ2n) is 6.82. The zero-order valence-corrected chi connectivity index (χ0v) is 17.4. The molecule has 0 fully saturated rings. The number of para-hydroxylation sites is 1. The molecule has 1 amide bonds. The van der Waals surface area contributed by atoms with E-state index in [1.54, 1.807) is 24.3 Å². The molecular weight excluding hydrogens is 444 g/mol. The molecule has 2 N–H and O–H groups in total. The van der Waals surface area contributed by atoms with Crippen LogP contribution < -0.4 is 19.7 Å². The van der Waals surface area contributed by atoms with Crippen LogP contribution in [0.1, 0.15) is 15.9 Å². The Labute approximate surface area is 187 Å². The van der Waals surface area contributed by atoms with Crippen LogP contribution in [0.3, 0.4) is 0 Å². The number of aliphatic hydroxyl groups excluding tert-OH is 1. The van der Waals surface area contributed by atoms with Crippen molar-refractivity contribution < 1.29 is 28.2 Å². The van der Waals surface area contributed by atoms with Gasteiger partial charge in [0.25, 0.3) is 5.91 Å². The van der Waals surface area contributed by atoms with Crippen LogP contribution in [0.4, 0.5) is 26.0 Å². The van der Waals surface area contributed by atoms with Gasteiger partial charge in [-0.3, -0.25) is 4.79 Å². The summed E-state index contributed by atoms with van der Waals surface area (Å²) in [6.07, 6.45) is 1.54. The van der Waals surface area contributed by atoms with Gasteiger partial charge in [0.2, 0.25) is 0 Å². The van der Waals surface area contributed by atoms with Gasteiger partial charge in [-0.2, -0.15) is 8.78 Å². The first-order chi connectivity index (χ1) is 15.5. The first kappa shape index (κ1) is 21.8. The van der Waals surface area contributed by atoms with Crippen LogP contribution in [0.5, 0.6) is 11.5 Å². The molecule has 0 saturated carbocycles. The lowest BCUT2D eigenvalue weighted by molar-refractivity contribution is -0.0498. The van der Waals surface area contributed by atoms with E-state index in [0.717, 1.165) is 0 Å². The molecule has 1 aliphatic heterocycles. The Kier molecular flexibility index (Phi) is 6.38. The number of nitrogens with one attached hydrogen (secondary N) is 1. The van der Waals surface area contributed by atoms with E-state index in [-0.39, 0.29) is 12.4 Å². The number of anilines is 3. The van der Waals surface area contributed by atoms with E-state index < -0.39 is 12.5 Å². The predicted octanol–water partition coefficient (Wildman–Crippen LogP) is 4.61. The molecular formula is C22H18ClF2N3O4. The van der Waals surface area contributed by atoms with Gasteiger partial charge in [0, 0.05) is 11.9 Å². The van der Waals surface area contributed by atoms with Gasteiger partial charge in [0.1, 0.15) is 12.4 Å². The summed E-state index contributed by atoms with van der Waals surface area (Å²) in [5, 5.41) is 12.4. The number of hydrogen-bond acceptors (Lipinski definition) is 6. The highest BCUT2D eigenvalue weighted by atomic mass is 35.5. The normalized spacial score (nSPS) is 12.8. The molecule has 0 aliphatic carbocycles. The van der Waals surface area contributed by atoms with E-state index in [4.69, 9.17) is 16.3 Å². The Morgan fingerprint density at radius 2 is 2.06 bits per heavy atom. The maximum absolute atomic E-state index is 12.9. The van der Waals surface area contributed by atoms with Crippen molar-refractivity contribution in [3.8, 4) is 11.5 Å². The van der Waals surface area contributed by atoms with Gasteiger partial charge in [-0.15, -0.1) is 0 Å². The highest BCUT2D eigenvalue weighted by Gasteiger charge is 2.27. The molecule has 4 rings (SSSR count). The highest BCUT2D eigenvalue weighted by molar-refractivity contribution is 6.33. The van der Waals surface area contributed by atoms with Crippen molar-refractivity contribution in [1.82, 2.24) is 4.98 Å². The third-order valence-corrected chi connectivity index (χ3v) is 5.02. The Morgan fingerprint density at radius 3 is 2.75 bits per heavy atom. The van der Waals surface area contributed by atoms with Crippen molar-refractivity contribution in [2.45, 2.75) is 13.2 Å². The number of ether oxygens (including phenoxy) is 2. The van der Waals surface area contributed by atoms with E-state index in [0.29, 0.717) is 52.2 Å². The van der Waals surface area contributed by atoms with Crippen LogP contribution in [-0.2, 0) is 6.61 Å². The zero-order valence-electron chi connectivity index (χ0n) is 16.6. The third-order valence-electron chi connectivity index (χ3n) is 4.74. The molecule has 0 bridgehead atoms. The quantitative estimate of drug-likeness (QED) is 0.557. The van der Waals surface area contributed by atoms with Crippen LogP contribution >= 0.6 is 11.6 Å². The molecule has 0 radical (unpaired) electrons. The van der Waals surface area contributed by atoms with E-state index in [1.165, 1.54) is 30.5 Å². The maximum atomic E-state index is 12.9. The van der Waals surface area contributed by atoms with E-state index in [2.05, 4.69) is 15.0 Å². The number of alkyl halides is 2. The average Bonchev–Trinajstić information content (AvgIpc) is 2.79. The first-order valence-electron chi connectivity index (χ1n) is 9.61. The number of carbonyl (C=O) groups excluding carboxylic acids is 1. The van der Waals surface area contributed by atoms with Gasteiger partial charge in [-0.25, -0.2) is 4.98 Å². The summed E-state index contributed by atoms with van der Waals surface area (Å²) in [5.41, 5.74) is 1.91. The smallest absolute Gasteiger partial charge is 0.387 e. The minimum absolute atomic E-state index is 0.00865. The number of benzene rings is 2. The number of amides is 1. The minimum atomic E-state index is -2.92. The van der Waals surface area contributed by atoms with Crippen molar-refractivity contribution in [3.05, 3.63) is 70.9 Å². The number of halogens is 3. The molecule has 2 heterocycles. The van der Waals surface area contributed by atoms with Crippen molar-refractivity contribution >= 4 is 34.7 Å². The van der Waals surface area contributed by atoms with Gasteiger partial charge in [0.05, 0.1) is 29.4 Å². The van der Waals surface area contributed by atoms with Crippen LogP contribution in [0.2, 0.25) is 5.02 Å². The van der Waals surface area contributed by atoms with E-state index >= 15 is 0 Å². The Morgan fingerprint density at radius 1 is 1.28 bits per heavy atom. The molecule has 0 spiro atoms. The third kappa shape index (κ3) is 4.58. The van der Waals surface area contributed by atoms with Crippen LogP contribution in [0.25, 0.3) is 0 Å². The Balaban J connectivity index is 1.59. The van der Waals surface area contributed by atoms with Gasteiger partial charge in [0.15, 0.2) is 11.6 Å². The largest absolute Gasteiger partial charge is 0.489 e. The van der Waals surface area contributed by atoms with Crippen molar-refractivity contribution in [2.24, 2.45) is 0 Å². The maximum Gasteiger partial charge on any atom is 0.387 e.